The van der Waals surface area contributed by atoms with Gasteiger partial charge >= 0.3 is 0 Å². The molecular weight excluding hydrogens is 604 g/mol. The molecule has 0 bridgehead atoms. The van der Waals surface area contributed by atoms with Crippen LogP contribution in [-0.2, 0) is 9.47 Å². The Morgan fingerprint density at radius 2 is 1.29 bits per heavy atom. The van der Waals surface area contributed by atoms with Crippen LogP contribution in [0.1, 0.15) is 82.1 Å². The van der Waals surface area contributed by atoms with Gasteiger partial charge in [0.15, 0.2) is 6.29 Å². The fourth-order valence-corrected chi connectivity index (χ4v) is 5.69. The zero-order valence-corrected chi connectivity index (χ0v) is 30.6. The molecule has 1 heterocycles. The maximum absolute atomic E-state index is 10.6. The molecule has 1 aliphatic carbocycles. The van der Waals surface area contributed by atoms with Gasteiger partial charge in [0.05, 0.1) is 17.8 Å². The van der Waals surface area contributed by atoms with E-state index in [4.69, 9.17) is 9.47 Å². The van der Waals surface area contributed by atoms with E-state index in [1.165, 1.54) is 11.1 Å². The Morgan fingerprint density at radius 3 is 1.81 bits per heavy atom. The second-order valence-electron chi connectivity index (χ2n) is 14.5. The van der Waals surface area contributed by atoms with Gasteiger partial charge in [0.1, 0.15) is 24.4 Å². The first-order chi connectivity index (χ1) is 22.3. The predicted molar refractivity (Wildman–Crippen MR) is 196 cm³/mol. The van der Waals surface area contributed by atoms with E-state index in [1.807, 2.05) is 56.4 Å². The Kier molecular flexibility index (Phi) is 16.1. The summed E-state index contributed by atoms with van der Waals surface area (Å²) in [5.74, 6) is 0. The SMILES string of the molecule is CC(C=CC=C(C)C=CC1=C(C)CC(O)CC1(C)C)=CC=CC=C(C)C=CC=C(C)C=CC(OC1OC(C)C(O)C(O)C1O)C(C)(C)O. The molecule has 0 aromatic carbocycles. The molecule has 0 radical (unpaired) electrons. The molecule has 2 aliphatic rings. The summed E-state index contributed by atoms with van der Waals surface area (Å²) >= 11 is 0. The van der Waals surface area contributed by atoms with E-state index in [-0.39, 0.29) is 11.5 Å². The third kappa shape index (κ3) is 13.6. The average Bonchev–Trinajstić information content (AvgIpc) is 2.97. The van der Waals surface area contributed by atoms with Gasteiger partial charge in [0.2, 0.25) is 0 Å². The number of allylic oxidation sites excluding steroid dienone is 18. The Hall–Kier alpha value is -2.88. The molecule has 7 atom stereocenters. The van der Waals surface area contributed by atoms with Gasteiger partial charge in [-0.2, -0.15) is 0 Å². The average molecular weight is 665 g/mol. The van der Waals surface area contributed by atoms with E-state index in [1.54, 1.807) is 26.8 Å². The van der Waals surface area contributed by atoms with Gasteiger partial charge in [-0.25, -0.2) is 0 Å². The summed E-state index contributed by atoms with van der Waals surface area (Å²) in [7, 11) is 0. The van der Waals surface area contributed by atoms with Crippen molar-refractivity contribution in [3.8, 4) is 0 Å². The van der Waals surface area contributed by atoms with E-state index in [2.05, 4.69) is 71.1 Å². The minimum Gasteiger partial charge on any atom is -0.393 e. The maximum atomic E-state index is 10.6. The Bertz CT molecular complexity index is 1370. The molecule has 1 saturated heterocycles. The van der Waals surface area contributed by atoms with Crippen molar-refractivity contribution in [2.45, 2.75) is 131 Å². The van der Waals surface area contributed by atoms with Crippen molar-refractivity contribution >= 4 is 0 Å². The normalized spacial score (nSPS) is 29.5. The summed E-state index contributed by atoms with van der Waals surface area (Å²) < 4.78 is 11.4. The standard InChI is InChI=1S/C41H60O7/c1-27(17-13-19-29(3)21-23-34-31(5)25-33(42)26-40(34,7)8)15-11-12-16-28(2)18-14-20-30(4)22-24-35(41(9,10)46)48-39-38(45)37(44)36(43)32(6)47-39/h11-24,32-33,35-39,42-46H,25-26H2,1-10H3. The van der Waals surface area contributed by atoms with Crippen molar-refractivity contribution in [2.24, 2.45) is 5.41 Å². The van der Waals surface area contributed by atoms with Crippen LogP contribution in [0.2, 0.25) is 0 Å². The van der Waals surface area contributed by atoms with E-state index in [0.717, 1.165) is 35.1 Å². The van der Waals surface area contributed by atoms with Crippen molar-refractivity contribution in [1.29, 1.82) is 0 Å². The molecule has 0 aromatic heterocycles. The van der Waals surface area contributed by atoms with Gasteiger partial charge in [-0.3, -0.25) is 0 Å². The molecule has 7 nitrogen and oxygen atoms in total. The molecule has 0 amide bonds. The van der Waals surface area contributed by atoms with E-state index < -0.39 is 42.4 Å². The van der Waals surface area contributed by atoms with Crippen LogP contribution in [0.3, 0.4) is 0 Å². The van der Waals surface area contributed by atoms with Gasteiger partial charge in [0.25, 0.3) is 0 Å². The molecular formula is C41H60O7. The Balaban J connectivity index is 1.93. The van der Waals surface area contributed by atoms with Crippen LogP contribution in [0.4, 0.5) is 0 Å². The fourth-order valence-electron chi connectivity index (χ4n) is 5.69. The Labute approximate surface area is 289 Å². The summed E-state index contributed by atoms with van der Waals surface area (Å²) in [4.78, 5) is 0. The molecule has 1 aliphatic heterocycles. The minimum absolute atomic E-state index is 0.0233. The first-order valence-electron chi connectivity index (χ1n) is 16.9. The van der Waals surface area contributed by atoms with E-state index in [0.29, 0.717) is 0 Å². The van der Waals surface area contributed by atoms with Crippen LogP contribution >= 0.6 is 0 Å². The topological polar surface area (TPSA) is 120 Å². The number of hydrogen-bond donors (Lipinski definition) is 5. The fraction of sp³-hybridized carbons (Fsp3) is 0.512. The van der Waals surface area contributed by atoms with E-state index in [9.17, 15) is 25.5 Å². The first kappa shape index (κ1) is 41.3. The van der Waals surface area contributed by atoms with Crippen LogP contribution in [-0.4, -0.2) is 74.0 Å². The zero-order chi connectivity index (χ0) is 36.2. The Morgan fingerprint density at radius 1 is 0.792 bits per heavy atom. The largest absolute Gasteiger partial charge is 0.393 e. The quantitative estimate of drug-likeness (QED) is 0.134. The van der Waals surface area contributed by atoms with Crippen molar-refractivity contribution in [3.63, 3.8) is 0 Å². The maximum Gasteiger partial charge on any atom is 0.187 e. The summed E-state index contributed by atoms with van der Waals surface area (Å²) in [5, 5.41) is 51.1. The summed E-state index contributed by atoms with van der Waals surface area (Å²) in [6.07, 6.45) is 22.5. The van der Waals surface area contributed by atoms with Crippen LogP contribution in [0.5, 0.6) is 0 Å². The lowest BCUT2D eigenvalue weighted by Crippen LogP contribution is -2.58. The highest BCUT2D eigenvalue weighted by Crippen LogP contribution is 2.41. The number of aliphatic hydroxyl groups is 5. The molecule has 2 rings (SSSR count). The molecule has 7 unspecified atom stereocenters. The monoisotopic (exact) mass is 664 g/mol. The lowest BCUT2D eigenvalue weighted by atomic mass is 9.71. The van der Waals surface area contributed by atoms with Gasteiger partial charge < -0.3 is 35.0 Å². The number of hydrogen-bond acceptors (Lipinski definition) is 7. The molecule has 0 saturated carbocycles. The van der Waals surface area contributed by atoms with Gasteiger partial charge in [-0.15, -0.1) is 0 Å². The number of ether oxygens (including phenoxy) is 2. The van der Waals surface area contributed by atoms with E-state index >= 15 is 0 Å². The van der Waals surface area contributed by atoms with Crippen LogP contribution < -0.4 is 0 Å². The number of rotatable bonds is 13. The van der Waals surface area contributed by atoms with Crippen molar-refractivity contribution in [2.75, 3.05) is 0 Å². The number of aliphatic hydroxyl groups excluding tert-OH is 4. The molecule has 5 N–H and O–H groups in total. The summed E-state index contributed by atoms with van der Waals surface area (Å²) in [6, 6.07) is 0. The van der Waals surface area contributed by atoms with Gasteiger partial charge in [0, 0.05) is 0 Å². The highest BCUT2D eigenvalue weighted by atomic mass is 16.7. The molecule has 7 heteroatoms. The minimum atomic E-state index is -1.45. The van der Waals surface area contributed by atoms with Crippen molar-refractivity contribution in [3.05, 3.63) is 119 Å². The predicted octanol–water partition coefficient (Wildman–Crippen LogP) is 7.03. The highest BCUT2D eigenvalue weighted by Gasteiger charge is 2.44. The van der Waals surface area contributed by atoms with Crippen LogP contribution in [0.25, 0.3) is 0 Å². The van der Waals surface area contributed by atoms with Crippen LogP contribution in [0.15, 0.2) is 119 Å². The van der Waals surface area contributed by atoms with Crippen molar-refractivity contribution in [1.82, 2.24) is 0 Å². The lowest BCUT2D eigenvalue weighted by Gasteiger charge is -2.41. The molecule has 1 fully saturated rings. The third-order valence-corrected chi connectivity index (χ3v) is 8.57. The molecule has 266 valence electrons. The molecule has 48 heavy (non-hydrogen) atoms. The highest BCUT2D eigenvalue weighted by molar-refractivity contribution is 5.38. The van der Waals surface area contributed by atoms with Gasteiger partial charge in [-0.05, 0) is 79.2 Å². The zero-order valence-electron chi connectivity index (χ0n) is 30.6. The summed E-state index contributed by atoms with van der Waals surface area (Å²) in [5.41, 5.74) is 5.55. The third-order valence-electron chi connectivity index (χ3n) is 8.57. The van der Waals surface area contributed by atoms with Gasteiger partial charge in [-0.1, -0.05) is 127 Å². The second kappa shape index (κ2) is 18.8. The van der Waals surface area contributed by atoms with Crippen molar-refractivity contribution < 1.29 is 35.0 Å². The lowest BCUT2D eigenvalue weighted by molar-refractivity contribution is -0.309. The molecule has 0 aromatic rings. The van der Waals surface area contributed by atoms with Crippen LogP contribution in [0, 0.1) is 5.41 Å². The summed E-state index contributed by atoms with van der Waals surface area (Å²) in [6.45, 7) is 19.4. The first-order valence-corrected chi connectivity index (χ1v) is 16.9. The smallest absolute Gasteiger partial charge is 0.187 e. The second-order valence-corrected chi connectivity index (χ2v) is 14.5. The molecule has 0 spiro atoms.